The largest absolute Gasteiger partial charge is 0.511 e. The van der Waals surface area contributed by atoms with Crippen molar-refractivity contribution >= 4 is 29.7 Å². The van der Waals surface area contributed by atoms with E-state index < -0.39 is 84.9 Å². The molecule has 1 N–H and O–H groups in total. The van der Waals surface area contributed by atoms with Crippen molar-refractivity contribution in [2.24, 2.45) is 0 Å². The van der Waals surface area contributed by atoms with Gasteiger partial charge in [-0.25, -0.2) is 19.4 Å². The molecular formula is C36H39ClN8O16. The van der Waals surface area contributed by atoms with Crippen LogP contribution in [-0.4, -0.2) is 128 Å². The molecule has 2 aromatic heterocycles. The molecule has 2 aliphatic rings. The Balaban J connectivity index is 1.01. The number of rotatable bonds is 21. The van der Waals surface area contributed by atoms with Crippen LogP contribution in [0.5, 0.6) is 0 Å². The molecule has 0 radical (unpaired) electrons. The third-order valence-electron chi connectivity index (χ3n) is 9.22. The fraction of sp³-hybridized carbons (Fsp3) is 0.472. The Morgan fingerprint density at radius 2 is 1.67 bits per heavy atom. The van der Waals surface area contributed by atoms with E-state index in [1.165, 1.54) is 6.92 Å². The minimum Gasteiger partial charge on any atom is -0.455 e. The van der Waals surface area contributed by atoms with Crippen molar-refractivity contribution in [2.75, 3.05) is 33.0 Å². The number of aryl methyl sites for hydroxylation is 1. The summed E-state index contributed by atoms with van der Waals surface area (Å²) in [5.74, 6) is -0.784. The molecule has 0 bridgehead atoms. The zero-order chi connectivity index (χ0) is 43.5. The minimum absolute atomic E-state index is 0.0333. The van der Waals surface area contributed by atoms with Crippen molar-refractivity contribution in [1.82, 2.24) is 30.2 Å². The summed E-state index contributed by atoms with van der Waals surface area (Å²) >= 11 is 6.53. The van der Waals surface area contributed by atoms with Crippen molar-refractivity contribution in [1.29, 1.82) is 0 Å². The highest BCUT2D eigenvalue weighted by Gasteiger charge is 2.51. The van der Waals surface area contributed by atoms with Gasteiger partial charge < -0.3 is 47.4 Å². The second-order valence-corrected chi connectivity index (χ2v) is 13.8. The van der Waals surface area contributed by atoms with Crippen LogP contribution in [0.25, 0.3) is 22.5 Å². The number of aromatic amines is 1. The van der Waals surface area contributed by atoms with Crippen molar-refractivity contribution in [3.8, 4) is 22.5 Å². The SMILES string of the molecule is CCCCc1nc(Cl)c(C(=O)OC(C)OC(=O)O[C@H]2COC3C2OC[C@@H]3OC(=O)COC[C@@H](CO[N+](=O)[O-])O[N+](=O)[O-])n1Cc1ccc(-c2ccccc2-c2nn[nH]n2)cc1. The number of carbonyl (C=O) groups excluding carboxylic acids is 3. The second-order valence-electron chi connectivity index (χ2n) is 13.4. The fourth-order valence-electron chi connectivity index (χ4n) is 6.54. The zero-order valence-electron chi connectivity index (χ0n) is 32.5. The van der Waals surface area contributed by atoms with Gasteiger partial charge in [-0.1, -0.05) is 73.5 Å². The van der Waals surface area contributed by atoms with Crippen LogP contribution >= 0.6 is 11.6 Å². The number of H-pyrrole nitrogens is 1. The van der Waals surface area contributed by atoms with Gasteiger partial charge in [0, 0.05) is 25.5 Å². The van der Waals surface area contributed by atoms with E-state index in [0.29, 0.717) is 18.1 Å². The fourth-order valence-corrected chi connectivity index (χ4v) is 6.81. The van der Waals surface area contributed by atoms with E-state index in [-0.39, 0.29) is 30.6 Å². The molecule has 2 aromatic carbocycles. The Bertz CT molecular complexity index is 2160. The molecular weight excluding hydrogens is 836 g/mol. The van der Waals surface area contributed by atoms with Gasteiger partial charge in [-0.05, 0) is 28.3 Å². The maximum Gasteiger partial charge on any atom is 0.511 e. The van der Waals surface area contributed by atoms with Gasteiger partial charge >= 0.3 is 18.1 Å². The number of halogens is 1. The first-order valence-electron chi connectivity index (χ1n) is 18.7. The first-order valence-corrected chi connectivity index (χ1v) is 19.1. The summed E-state index contributed by atoms with van der Waals surface area (Å²) in [4.78, 5) is 72.5. The van der Waals surface area contributed by atoms with E-state index in [1.54, 1.807) is 4.57 Å². The summed E-state index contributed by atoms with van der Waals surface area (Å²) in [5.41, 5.74) is 3.40. The highest BCUT2D eigenvalue weighted by molar-refractivity contribution is 6.32. The number of hydrogen-bond donors (Lipinski definition) is 1. The lowest BCUT2D eigenvalue weighted by Gasteiger charge is -2.19. The number of imidazole rings is 1. The number of nitrogens with zero attached hydrogens (tertiary/aromatic N) is 7. The van der Waals surface area contributed by atoms with Gasteiger partial charge in [0.15, 0.2) is 29.2 Å². The van der Waals surface area contributed by atoms with Gasteiger partial charge in [0.05, 0.1) is 19.8 Å². The molecule has 24 nitrogen and oxygen atoms in total. The van der Waals surface area contributed by atoms with Gasteiger partial charge in [-0.15, -0.1) is 30.4 Å². The topological polar surface area (TPSA) is 293 Å². The van der Waals surface area contributed by atoms with Crippen LogP contribution in [0.2, 0.25) is 5.15 Å². The van der Waals surface area contributed by atoms with E-state index in [2.05, 4.69) is 35.3 Å². The number of aromatic nitrogens is 6. The predicted molar refractivity (Wildman–Crippen MR) is 201 cm³/mol. The lowest BCUT2D eigenvalue weighted by atomic mass is 9.98. The molecule has 326 valence electrons. The number of hydrogen-bond acceptors (Lipinski definition) is 20. The summed E-state index contributed by atoms with van der Waals surface area (Å²) in [6, 6.07) is 15.4. The molecule has 4 heterocycles. The van der Waals surface area contributed by atoms with Crippen LogP contribution in [-0.2, 0) is 60.6 Å². The second kappa shape index (κ2) is 20.7. The summed E-state index contributed by atoms with van der Waals surface area (Å²) in [6.07, 6.45) is -5.58. The van der Waals surface area contributed by atoms with Crippen LogP contribution in [0.4, 0.5) is 4.79 Å². The normalized spacial score (nSPS) is 19.0. The quantitative estimate of drug-likeness (QED) is 0.0413. The number of tetrazole rings is 1. The average Bonchev–Trinajstić information content (AvgIpc) is 4.03. The molecule has 6 atom stereocenters. The number of carbonyl (C=O) groups is 3. The van der Waals surface area contributed by atoms with Gasteiger partial charge in [0.25, 0.3) is 10.2 Å². The summed E-state index contributed by atoms with van der Waals surface area (Å²) in [7, 11) is 0. The number of ether oxygens (including phenoxy) is 7. The Labute approximate surface area is 349 Å². The molecule has 6 rings (SSSR count). The average molecular weight is 875 g/mol. The summed E-state index contributed by atoms with van der Waals surface area (Å²) in [5, 5.41) is 32.9. The Morgan fingerprint density at radius 3 is 2.33 bits per heavy atom. The lowest BCUT2D eigenvalue weighted by molar-refractivity contribution is -0.790. The molecule has 2 saturated heterocycles. The summed E-state index contributed by atoms with van der Waals surface area (Å²) in [6.45, 7) is 1.15. The van der Waals surface area contributed by atoms with Crippen LogP contribution in [0.15, 0.2) is 48.5 Å². The van der Waals surface area contributed by atoms with Crippen LogP contribution in [0.3, 0.4) is 0 Å². The number of benzene rings is 2. The third-order valence-corrected chi connectivity index (χ3v) is 9.49. The highest BCUT2D eigenvalue weighted by Crippen LogP contribution is 2.32. The predicted octanol–water partition coefficient (Wildman–Crippen LogP) is 3.31. The maximum atomic E-state index is 13.6. The van der Waals surface area contributed by atoms with E-state index in [9.17, 15) is 34.6 Å². The van der Waals surface area contributed by atoms with E-state index in [4.69, 9.17) is 44.8 Å². The lowest BCUT2D eigenvalue weighted by Crippen LogP contribution is -2.37. The zero-order valence-corrected chi connectivity index (χ0v) is 33.2. The summed E-state index contributed by atoms with van der Waals surface area (Å²) < 4.78 is 39.4. The van der Waals surface area contributed by atoms with Gasteiger partial charge in [0.1, 0.15) is 31.2 Å². The van der Waals surface area contributed by atoms with Crippen LogP contribution < -0.4 is 0 Å². The van der Waals surface area contributed by atoms with Crippen molar-refractivity contribution in [3.05, 3.63) is 91.0 Å². The molecule has 2 aliphatic heterocycles. The number of fused-ring (bicyclic) bond motifs is 1. The first kappa shape index (κ1) is 44.1. The molecule has 0 saturated carbocycles. The van der Waals surface area contributed by atoms with E-state index in [1.807, 2.05) is 55.5 Å². The third kappa shape index (κ3) is 11.6. The maximum absolute atomic E-state index is 13.6. The Kier molecular flexibility index (Phi) is 14.9. The van der Waals surface area contributed by atoms with Crippen LogP contribution in [0, 0.1) is 20.2 Å². The highest BCUT2D eigenvalue weighted by atomic mass is 35.5. The minimum atomic E-state index is -1.49. The first-order chi connectivity index (χ1) is 29.4. The molecule has 0 amide bonds. The van der Waals surface area contributed by atoms with Crippen molar-refractivity contribution < 1.29 is 67.4 Å². The monoisotopic (exact) mass is 874 g/mol. The Hall–Kier alpha value is -6.50. The molecule has 0 spiro atoms. The molecule has 0 aliphatic carbocycles. The smallest absolute Gasteiger partial charge is 0.455 e. The van der Waals surface area contributed by atoms with Gasteiger partial charge in [-0.2, -0.15) is 5.21 Å². The molecule has 2 fully saturated rings. The standard InChI is InChI=1S/C36H39ClN8O16/c1-3-4-9-28-38-33(37)30(43(28)14-21-10-12-22(13-11-21)24-7-5-6-8-25(24)34-39-41-42-40-34)35(47)57-20(2)58-36(48)60-27-18-55-31-26(17-54-32(27)31)59-29(46)19-53-15-23(61-45(51)52)16-56-44(49)50/h5-8,10-13,20,23,26-27,31-32H,3-4,9,14-19H2,1-2H3,(H,39,40,41,42)/t20?,23-,26-,27-,31?,32?/m0/s1. The number of esters is 2. The van der Waals surface area contributed by atoms with Crippen molar-refractivity contribution in [2.45, 2.75) is 76.5 Å². The van der Waals surface area contributed by atoms with E-state index in [0.717, 1.165) is 35.1 Å². The van der Waals surface area contributed by atoms with Gasteiger partial charge in [-0.3, -0.25) is 0 Å². The number of nitrogens with one attached hydrogen (secondary N) is 1. The van der Waals surface area contributed by atoms with Crippen LogP contribution in [0.1, 0.15) is 48.6 Å². The van der Waals surface area contributed by atoms with Crippen molar-refractivity contribution in [3.63, 3.8) is 0 Å². The molecule has 25 heteroatoms. The number of unbranched alkanes of at least 4 members (excludes halogenated alkanes) is 1. The Morgan fingerprint density at radius 1 is 0.967 bits per heavy atom. The molecule has 61 heavy (non-hydrogen) atoms. The van der Waals surface area contributed by atoms with E-state index >= 15 is 0 Å². The molecule has 4 aromatic rings. The van der Waals surface area contributed by atoms with Gasteiger partial charge in [0.2, 0.25) is 12.1 Å². The molecule has 3 unspecified atom stereocenters.